The Balaban J connectivity index is 2.03. The zero-order valence-electron chi connectivity index (χ0n) is 11.9. The largest absolute Gasteiger partial charge is 0.356 e. The van der Waals surface area contributed by atoms with Gasteiger partial charge in [-0.1, -0.05) is 32.6 Å². The highest BCUT2D eigenvalue weighted by Gasteiger charge is 2.25. The van der Waals surface area contributed by atoms with E-state index in [-0.39, 0.29) is 11.8 Å². The first-order valence-corrected chi connectivity index (χ1v) is 7.75. The quantitative estimate of drug-likeness (QED) is 0.654. The van der Waals surface area contributed by atoms with Crippen LogP contribution < -0.4 is 11.1 Å². The third-order valence-corrected chi connectivity index (χ3v) is 4.13. The number of unbranched alkanes of at least 4 members (excludes halogenated alkanes) is 4. The fourth-order valence-electron chi connectivity index (χ4n) is 2.74. The van der Waals surface area contributed by atoms with Gasteiger partial charge in [-0.25, -0.2) is 0 Å². The normalized spacial score (nSPS) is 23.9. The van der Waals surface area contributed by atoms with Gasteiger partial charge in [-0.2, -0.15) is 0 Å². The number of nitrogens with one attached hydrogen (secondary N) is 1. The van der Waals surface area contributed by atoms with E-state index >= 15 is 0 Å². The summed E-state index contributed by atoms with van der Waals surface area (Å²) in [6.07, 6.45) is 10.6. The molecule has 1 rings (SSSR count). The first-order valence-electron chi connectivity index (χ1n) is 7.75. The molecule has 0 aliphatic heterocycles. The van der Waals surface area contributed by atoms with Gasteiger partial charge in [-0.05, 0) is 44.6 Å². The summed E-state index contributed by atoms with van der Waals surface area (Å²) in [6, 6.07) is 0. The van der Waals surface area contributed by atoms with Crippen LogP contribution >= 0.6 is 0 Å². The van der Waals surface area contributed by atoms with Gasteiger partial charge < -0.3 is 11.1 Å². The maximum atomic E-state index is 11.9. The van der Waals surface area contributed by atoms with E-state index in [1.165, 1.54) is 25.7 Å². The summed E-state index contributed by atoms with van der Waals surface area (Å²) in [5.74, 6) is 1.19. The minimum Gasteiger partial charge on any atom is -0.356 e. The molecule has 1 aliphatic carbocycles. The van der Waals surface area contributed by atoms with Gasteiger partial charge >= 0.3 is 0 Å². The van der Waals surface area contributed by atoms with E-state index in [1.807, 2.05) is 0 Å². The van der Waals surface area contributed by atoms with E-state index in [9.17, 15) is 4.79 Å². The molecule has 1 amide bonds. The zero-order valence-corrected chi connectivity index (χ0v) is 11.9. The van der Waals surface area contributed by atoms with Gasteiger partial charge in [-0.15, -0.1) is 0 Å². The van der Waals surface area contributed by atoms with Crippen LogP contribution in [0.5, 0.6) is 0 Å². The van der Waals surface area contributed by atoms with E-state index in [2.05, 4.69) is 12.2 Å². The molecule has 3 N–H and O–H groups in total. The van der Waals surface area contributed by atoms with Gasteiger partial charge in [0.15, 0.2) is 0 Å². The van der Waals surface area contributed by atoms with Crippen LogP contribution in [0.2, 0.25) is 0 Å². The van der Waals surface area contributed by atoms with Gasteiger partial charge in [0.05, 0.1) is 0 Å². The van der Waals surface area contributed by atoms with Crippen molar-refractivity contribution in [3.05, 3.63) is 0 Å². The molecule has 0 saturated heterocycles. The molecule has 0 heterocycles. The van der Waals surface area contributed by atoms with Crippen molar-refractivity contribution in [2.75, 3.05) is 13.1 Å². The van der Waals surface area contributed by atoms with Crippen LogP contribution in [-0.4, -0.2) is 19.0 Å². The predicted octanol–water partition coefficient (Wildman–Crippen LogP) is 2.84. The summed E-state index contributed by atoms with van der Waals surface area (Å²) in [4.78, 5) is 11.9. The third kappa shape index (κ3) is 5.85. The number of hydrogen-bond acceptors (Lipinski definition) is 2. The molecule has 0 atom stereocenters. The second kappa shape index (κ2) is 9.37. The highest BCUT2D eigenvalue weighted by molar-refractivity contribution is 5.78. The van der Waals surface area contributed by atoms with Gasteiger partial charge in [-0.3, -0.25) is 4.79 Å². The fraction of sp³-hybridized carbons (Fsp3) is 0.933. The molecular formula is C15H30N2O. The monoisotopic (exact) mass is 254 g/mol. The topological polar surface area (TPSA) is 55.1 Å². The van der Waals surface area contributed by atoms with Crippen molar-refractivity contribution < 1.29 is 4.79 Å². The number of nitrogens with two attached hydrogens (primary N) is 1. The molecule has 18 heavy (non-hydrogen) atoms. The lowest BCUT2D eigenvalue weighted by Crippen LogP contribution is -2.34. The predicted molar refractivity (Wildman–Crippen MR) is 76.3 cm³/mol. The smallest absolute Gasteiger partial charge is 0.223 e. The maximum absolute atomic E-state index is 11.9. The van der Waals surface area contributed by atoms with E-state index in [1.54, 1.807) is 0 Å². The molecule has 106 valence electrons. The minimum atomic E-state index is 0.253. The van der Waals surface area contributed by atoms with E-state index in [0.29, 0.717) is 5.92 Å². The first-order chi connectivity index (χ1) is 8.77. The number of carbonyl (C=O) groups is 1. The zero-order chi connectivity index (χ0) is 13.2. The number of carbonyl (C=O) groups excluding carboxylic acids is 1. The first kappa shape index (κ1) is 15.5. The van der Waals surface area contributed by atoms with Crippen LogP contribution in [-0.2, 0) is 4.79 Å². The lowest BCUT2D eigenvalue weighted by molar-refractivity contribution is -0.126. The van der Waals surface area contributed by atoms with Gasteiger partial charge in [0.25, 0.3) is 0 Å². The summed E-state index contributed by atoms with van der Waals surface area (Å²) in [5.41, 5.74) is 5.66. The number of rotatable bonds is 8. The Morgan fingerprint density at radius 2 is 1.78 bits per heavy atom. The van der Waals surface area contributed by atoms with Crippen LogP contribution in [0, 0.1) is 11.8 Å². The van der Waals surface area contributed by atoms with E-state index in [4.69, 9.17) is 5.73 Å². The molecule has 0 unspecified atom stereocenters. The Labute approximate surface area is 112 Å². The lowest BCUT2D eigenvalue weighted by Gasteiger charge is -2.26. The second-order valence-corrected chi connectivity index (χ2v) is 5.66. The average molecular weight is 254 g/mol. The SMILES string of the molecule is CCCCCCCNC(=O)[C@H]1CC[C@H](CN)CC1. The maximum Gasteiger partial charge on any atom is 0.223 e. The summed E-state index contributed by atoms with van der Waals surface area (Å²) in [5, 5.41) is 3.09. The van der Waals surface area contributed by atoms with Crippen LogP contribution in [0.3, 0.4) is 0 Å². The summed E-state index contributed by atoms with van der Waals surface area (Å²) in [6.45, 7) is 3.87. The molecule has 0 aromatic carbocycles. The molecular weight excluding hydrogens is 224 g/mol. The number of amides is 1. The van der Waals surface area contributed by atoms with Crippen molar-refractivity contribution in [3.8, 4) is 0 Å². The van der Waals surface area contributed by atoms with E-state index < -0.39 is 0 Å². The molecule has 0 aromatic rings. The Bertz CT molecular complexity index is 223. The van der Waals surface area contributed by atoms with Crippen molar-refractivity contribution in [3.63, 3.8) is 0 Å². The second-order valence-electron chi connectivity index (χ2n) is 5.66. The molecule has 0 spiro atoms. The third-order valence-electron chi connectivity index (χ3n) is 4.13. The van der Waals surface area contributed by atoms with Crippen molar-refractivity contribution in [1.29, 1.82) is 0 Å². The van der Waals surface area contributed by atoms with Gasteiger partial charge in [0.1, 0.15) is 0 Å². The Hall–Kier alpha value is -0.570. The fourth-order valence-corrected chi connectivity index (χ4v) is 2.74. The summed E-state index contributed by atoms with van der Waals surface area (Å²) < 4.78 is 0. The average Bonchev–Trinajstić information content (AvgIpc) is 2.42. The Morgan fingerprint density at radius 1 is 1.11 bits per heavy atom. The molecule has 0 radical (unpaired) electrons. The molecule has 1 aliphatic rings. The van der Waals surface area contributed by atoms with Crippen molar-refractivity contribution in [1.82, 2.24) is 5.32 Å². The molecule has 0 aromatic heterocycles. The summed E-state index contributed by atoms with van der Waals surface area (Å²) >= 11 is 0. The van der Waals surface area contributed by atoms with Crippen molar-refractivity contribution >= 4 is 5.91 Å². The van der Waals surface area contributed by atoms with E-state index in [0.717, 1.165) is 45.2 Å². The highest BCUT2D eigenvalue weighted by Crippen LogP contribution is 2.28. The molecule has 3 heteroatoms. The molecule has 3 nitrogen and oxygen atoms in total. The summed E-state index contributed by atoms with van der Waals surface area (Å²) in [7, 11) is 0. The highest BCUT2D eigenvalue weighted by atomic mass is 16.1. The molecule has 0 bridgehead atoms. The molecule has 1 fully saturated rings. The van der Waals surface area contributed by atoms with Crippen molar-refractivity contribution in [2.24, 2.45) is 17.6 Å². The van der Waals surface area contributed by atoms with Crippen LogP contribution in [0.4, 0.5) is 0 Å². The van der Waals surface area contributed by atoms with Crippen LogP contribution in [0.1, 0.15) is 64.7 Å². The van der Waals surface area contributed by atoms with Gasteiger partial charge in [0.2, 0.25) is 5.91 Å². The van der Waals surface area contributed by atoms with Crippen LogP contribution in [0.15, 0.2) is 0 Å². The molecule has 1 saturated carbocycles. The minimum absolute atomic E-state index is 0.253. The lowest BCUT2D eigenvalue weighted by atomic mass is 9.81. The van der Waals surface area contributed by atoms with Crippen LogP contribution in [0.25, 0.3) is 0 Å². The van der Waals surface area contributed by atoms with Crippen molar-refractivity contribution in [2.45, 2.75) is 64.7 Å². The Morgan fingerprint density at radius 3 is 2.39 bits per heavy atom. The van der Waals surface area contributed by atoms with Gasteiger partial charge in [0, 0.05) is 12.5 Å². The Kier molecular flexibility index (Phi) is 8.06. The standard InChI is InChI=1S/C15H30N2O/c1-2-3-4-5-6-11-17-15(18)14-9-7-13(12-16)8-10-14/h13-14H,2-12,16H2,1H3,(H,17,18)/t13-,14-. The number of hydrogen-bond donors (Lipinski definition) is 2.